The van der Waals surface area contributed by atoms with E-state index in [4.69, 9.17) is 0 Å². The predicted molar refractivity (Wildman–Crippen MR) is 79.4 cm³/mol. The van der Waals surface area contributed by atoms with Crippen molar-refractivity contribution in [3.8, 4) is 0 Å². The second kappa shape index (κ2) is 5.68. The van der Waals surface area contributed by atoms with Crippen molar-refractivity contribution >= 4 is 0 Å². The van der Waals surface area contributed by atoms with Crippen LogP contribution in [0.1, 0.15) is 33.6 Å². The first-order chi connectivity index (χ1) is 8.91. The first kappa shape index (κ1) is 15.2. The Morgan fingerprint density at radius 1 is 1.11 bits per heavy atom. The highest BCUT2D eigenvalue weighted by atomic mass is 16.3. The van der Waals surface area contributed by atoms with Gasteiger partial charge in [0.2, 0.25) is 0 Å². The van der Waals surface area contributed by atoms with Crippen LogP contribution < -0.4 is 5.32 Å². The molecule has 1 saturated carbocycles. The molecule has 4 nitrogen and oxygen atoms in total. The lowest BCUT2D eigenvalue weighted by atomic mass is 9.93. The molecule has 2 fully saturated rings. The van der Waals surface area contributed by atoms with Gasteiger partial charge in [0, 0.05) is 38.3 Å². The summed E-state index contributed by atoms with van der Waals surface area (Å²) in [4.78, 5) is 5.08. The van der Waals surface area contributed by atoms with E-state index < -0.39 is 0 Å². The van der Waals surface area contributed by atoms with Crippen molar-refractivity contribution < 1.29 is 5.11 Å². The van der Waals surface area contributed by atoms with Gasteiger partial charge in [-0.3, -0.25) is 9.80 Å². The average Bonchev–Trinajstić information content (AvgIpc) is 3.20. The van der Waals surface area contributed by atoms with E-state index in [1.165, 1.54) is 12.8 Å². The van der Waals surface area contributed by atoms with Crippen molar-refractivity contribution in [3.05, 3.63) is 0 Å². The first-order valence-electron chi connectivity index (χ1n) is 7.68. The maximum Gasteiger partial charge on any atom is 0.0628 e. The Hall–Kier alpha value is -0.160. The number of rotatable bonds is 5. The van der Waals surface area contributed by atoms with Crippen LogP contribution in [0.4, 0.5) is 0 Å². The lowest BCUT2D eigenvalue weighted by Crippen LogP contribution is -2.61. The van der Waals surface area contributed by atoms with E-state index in [-0.39, 0.29) is 17.7 Å². The Morgan fingerprint density at radius 2 is 1.68 bits per heavy atom. The van der Waals surface area contributed by atoms with E-state index in [0.717, 1.165) is 32.7 Å². The van der Waals surface area contributed by atoms with Gasteiger partial charge in [0.05, 0.1) is 12.1 Å². The molecule has 2 N–H and O–H groups in total. The van der Waals surface area contributed by atoms with Gasteiger partial charge in [-0.15, -0.1) is 0 Å². The van der Waals surface area contributed by atoms with Gasteiger partial charge in [0.1, 0.15) is 0 Å². The quantitative estimate of drug-likeness (QED) is 0.773. The summed E-state index contributed by atoms with van der Waals surface area (Å²) in [6.45, 7) is 12.6. The molecule has 1 aliphatic carbocycles. The van der Waals surface area contributed by atoms with Gasteiger partial charge in [-0.1, -0.05) is 0 Å². The summed E-state index contributed by atoms with van der Waals surface area (Å²) in [7, 11) is 2.00. The number of aliphatic hydroxyl groups is 1. The fourth-order valence-electron chi connectivity index (χ4n) is 3.28. The van der Waals surface area contributed by atoms with E-state index in [0.29, 0.717) is 5.92 Å². The highest BCUT2D eigenvalue weighted by Crippen LogP contribution is 2.40. The highest BCUT2D eigenvalue weighted by molar-refractivity contribution is 5.02. The average molecular weight is 269 g/mol. The third kappa shape index (κ3) is 3.48. The van der Waals surface area contributed by atoms with Crippen molar-refractivity contribution in [2.75, 3.05) is 46.4 Å². The number of piperazine rings is 1. The van der Waals surface area contributed by atoms with Gasteiger partial charge in [-0.2, -0.15) is 0 Å². The van der Waals surface area contributed by atoms with Crippen molar-refractivity contribution in [2.24, 2.45) is 5.92 Å². The molecular weight excluding hydrogens is 238 g/mol. The second-order valence-corrected chi connectivity index (χ2v) is 7.27. The van der Waals surface area contributed by atoms with Crippen LogP contribution in [-0.4, -0.2) is 72.4 Å². The van der Waals surface area contributed by atoms with Gasteiger partial charge >= 0.3 is 0 Å². The summed E-state index contributed by atoms with van der Waals surface area (Å²) in [5.41, 5.74) is 0.212. The largest absolute Gasteiger partial charge is 0.394 e. The fourth-order valence-corrected chi connectivity index (χ4v) is 3.28. The van der Waals surface area contributed by atoms with Crippen LogP contribution >= 0.6 is 0 Å². The molecule has 0 aromatic rings. The number of nitrogens with zero attached hydrogens (tertiary/aromatic N) is 2. The molecule has 1 aliphatic heterocycles. The minimum absolute atomic E-state index is 0.0656. The Morgan fingerprint density at radius 3 is 2.05 bits per heavy atom. The van der Waals surface area contributed by atoms with E-state index in [1.807, 2.05) is 7.05 Å². The van der Waals surface area contributed by atoms with Crippen molar-refractivity contribution in [1.29, 1.82) is 0 Å². The SMILES string of the molecule is CNC(CO)(CN1CCN(C(C)(C)C)CC1)C1CC1. The molecule has 0 aromatic heterocycles. The Bertz CT molecular complexity index is 284. The molecule has 0 amide bonds. The van der Waals surface area contributed by atoms with Crippen LogP contribution in [0, 0.1) is 5.92 Å². The van der Waals surface area contributed by atoms with Crippen LogP contribution in [0.15, 0.2) is 0 Å². The number of hydrogen-bond donors (Lipinski definition) is 2. The monoisotopic (exact) mass is 269 g/mol. The summed E-state index contributed by atoms with van der Waals surface area (Å²) >= 11 is 0. The molecule has 0 radical (unpaired) electrons. The molecule has 0 bridgehead atoms. The van der Waals surface area contributed by atoms with Gasteiger partial charge in [0.25, 0.3) is 0 Å². The van der Waals surface area contributed by atoms with Gasteiger partial charge in [-0.05, 0) is 46.6 Å². The van der Waals surface area contributed by atoms with Crippen LogP contribution in [0.3, 0.4) is 0 Å². The maximum absolute atomic E-state index is 9.80. The number of aliphatic hydroxyl groups excluding tert-OH is 1. The molecule has 1 atom stereocenters. The molecule has 1 heterocycles. The minimum Gasteiger partial charge on any atom is -0.394 e. The van der Waals surface area contributed by atoms with Crippen LogP contribution in [-0.2, 0) is 0 Å². The normalized spacial score (nSPS) is 26.4. The molecule has 4 heteroatoms. The molecule has 19 heavy (non-hydrogen) atoms. The third-order valence-electron chi connectivity index (χ3n) is 4.97. The van der Waals surface area contributed by atoms with Gasteiger partial charge in [-0.25, -0.2) is 0 Å². The number of likely N-dealkylation sites (N-methyl/N-ethyl adjacent to an activating group) is 1. The summed E-state index contributed by atoms with van der Waals surface area (Å²) in [6, 6.07) is 0. The Balaban J connectivity index is 1.87. The third-order valence-corrected chi connectivity index (χ3v) is 4.97. The Kier molecular flexibility index (Phi) is 4.56. The van der Waals surface area contributed by atoms with Crippen LogP contribution in [0.25, 0.3) is 0 Å². The molecule has 1 saturated heterocycles. The number of nitrogens with one attached hydrogen (secondary N) is 1. The summed E-state index contributed by atoms with van der Waals surface area (Å²) in [5, 5.41) is 13.2. The topological polar surface area (TPSA) is 38.7 Å². The molecule has 1 unspecified atom stereocenters. The summed E-state index contributed by atoms with van der Waals surface area (Å²) in [6.07, 6.45) is 2.53. The number of hydrogen-bond acceptors (Lipinski definition) is 4. The van der Waals surface area contributed by atoms with Crippen molar-refractivity contribution in [2.45, 2.75) is 44.7 Å². The molecule has 112 valence electrons. The molecular formula is C15H31N3O. The summed E-state index contributed by atoms with van der Waals surface area (Å²) in [5.74, 6) is 0.670. The summed E-state index contributed by atoms with van der Waals surface area (Å²) < 4.78 is 0. The minimum atomic E-state index is -0.0656. The van der Waals surface area contributed by atoms with Gasteiger partial charge < -0.3 is 10.4 Å². The van der Waals surface area contributed by atoms with Gasteiger partial charge in [0.15, 0.2) is 0 Å². The van der Waals surface area contributed by atoms with Crippen molar-refractivity contribution in [3.63, 3.8) is 0 Å². The van der Waals surface area contributed by atoms with E-state index in [1.54, 1.807) is 0 Å². The molecule has 2 rings (SSSR count). The zero-order chi connectivity index (χ0) is 14.1. The van der Waals surface area contributed by atoms with E-state index >= 15 is 0 Å². The molecule has 0 spiro atoms. The Labute approximate surface area is 118 Å². The maximum atomic E-state index is 9.80. The highest BCUT2D eigenvalue weighted by Gasteiger charge is 2.45. The lowest BCUT2D eigenvalue weighted by Gasteiger charge is -2.45. The van der Waals surface area contributed by atoms with Crippen LogP contribution in [0.5, 0.6) is 0 Å². The van der Waals surface area contributed by atoms with E-state index in [2.05, 4.69) is 35.9 Å². The second-order valence-electron chi connectivity index (χ2n) is 7.27. The fraction of sp³-hybridized carbons (Fsp3) is 1.00. The van der Waals surface area contributed by atoms with Crippen LogP contribution in [0.2, 0.25) is 0 Å². The van der Waals surface area contributed by atoms with Crippen molar-refractivity contribution in [1.82, 2.24) is 15.1 Å². The lowest BCUT2D eigenvalue weighted by molar-refractivity contribution is 0.0321. The molecule has 0 aromatic carbocycles. The van der Waals surface area contributed by atoms with E-state index in [9.17, 15) is 5.11 Å². The first-order valence-corrected chi connectivity index (χ1v) is 7.68. The smallest absolute Gasteiger partial charge is 0.0628 e. The predicted octanol–water partition coefficient (Wildman–Crippen LogP) is 0.763. The zero-order valence-corrected chi connectivity index (χ0v) is 13.1. The standard InChI is InChI=1S/C15H31N3O/c1-14(2,3)18-9-7-17(8-10-18)11-15(12-19,16-4)13-5-6-13/h13,16,19H,5-12H2,1-4H3. The molecule has 2 aliphatic rings. The zero-order valence-electron chi connectivity index (χ0n) is 13.1.